The van der Waals surface area contributed by atoms with E-state index in [-0.39, 0.29) is 0 Å². The first-order valence-electron chi connectivity index (χ1n) is 7.84. The van der Waals surface area contributed by atoms with Crippen molar-refractivity contribution in [2.45, 2.75) is 25.7 Å². The normalized spacial score (nSPS) is 15.0. The molecule has 3 N–H and O–H groups in total. The Kier molecular flexibility index (Phi) is 3.19. The van der Waals surface area contributed by atoms with E-state index in [2.05, 4.69) is 22.1 Å². The summed E-state index contributed by atoms with van der Waals surface area (Å²) in [7, 11) is 0. The van der Waals surface area contributed by atoms with Crippen LogP contribution >= 0.6 is 0 Å². The second-order valence-electron chi connectivity index (χ2n) is 5.88. The smallest absolute Gasteiger partial charge is 0.131 e. The van der Waals surface area contributed by atoms with Crippen molar-refractivity contribution in [2.24, 2.45) is 10.7 Å². The van der Waals surface area contributed by atoms with Crippen LogP contribution in [-0.2, 0) is 12.8 Å². The molecule has 0 unspecified atom stereocenters. The number of hydrogen-bond acceptors (Lipinski definition) is 1. The van der Waals surface area contributed by atoms with Gasteiger partial charge in [-0.3, -0.25) is 0 Å². The third-order valence-electron chi connectivity index (χ3n) is 4.40. The Labute approximate surface area is 129 Å². The number of rotatable bonds is 2. The van der Waals surface area contributed by atoms with Crippen LogP contribution in [-0.4, -0.2) is 10.8 Å². The highest BCUT2D eigenvalue weighted by atomic mass is 14.9. The number of aromatic nitrogens is 1. The molecule has 3 aromatic rings. The molecule has 0 saturated heterocycles. The molecule has 0 radical (unpaired) electrons. The molecule has 2 aromatic carbocycles. The average Bonchev–Trinajstić information content (AvgIpc) is 2.93. The highest BCUT2D eigenvalue weighted by Gasteiger charge is 2.15. The van der Waals surface area contributed by atoms with E-state index in [1.54, 1.807) is 0 Å². The summed E-state index contributed by atoms with van der Waals surface area (Å²) >= 11 is 0. The fourth-order valence-corrected chi connectivity index (χ4v) is 3.27. The molecule has 3 nitrogen and oxygen atoms in total. The van der Waals surface area contributed by atoms with E-state index in [0.29, 0.717) is 5.84 Å². The predicted octanol–water partition coefficient (Wildman–Crippen LogP) is 4.08. The van der Waals surface area contributed by atoms with Gasteiger partial charge in [0.05, 0.1) is 5.69 Å². The van der Waals surface area contributed by atoms with Crippen LogP contribution in [0.25, 0.3) is 10.9 Å². The standard InChI is InChI=1S/C19H19N3/c20-19(21-14-6-2-1-3-7-14)13-10-11-18-16(12-13)15-8-4-5-9-17(15)22-18/h1-3,6-7,10-12,22H,4-5,8-9H2,(H2,20,21). The minimum Gasteiger partial charge on any atom is -0.383 e. The first-order chi connectivity index (χ1) is 10.8. The number of benzene rings is 2. The lowest BCUT2D eigenvalue weighted by molar-refractivity contribution is 0.680. The van der Waals surface area contributed by atoms with Crippen LogP contribution in [0.15, 0.2) is 53.5 Å². The monoisotopic (exact) mass is 289 g/mol. The van der Waals surface area contributed by atoms with Crippen LogP contribution in [0.5, 0.6) is 0 Å². The summed E-state index contributed by atoms with van der Waals surface area (Å²) in [6, 6.07) is 16.2. The van der Waals surface area contributed by atoms with Gasteiger partial charge < -0.3 is 10.7 Å². The van der Waals surface area contributed by atoms with Gasteiger partial charge in [0.1, 0.15) is 5.84 Å². The van der Waals surface area contributed by atoms with Crippen molar-refractivity contribution in [1.29, 1.82) is 0 Å². The first kappa shape index (κ1) is 13.1. The summed E-state index contributed by atoms with van der Waals surface area (Å²) in [5.41, 5.74) is 12.2. The number of nitrogens with zero attached hydrogens (tertiary/aromatic N) is 1. The molecule has 110 valence electrons. The summed E-state index contributed by atoms with van der Waals surface area (Å²) in [4.78, 5) is 8.07. The quantitative estimate of drug-likeness (QED) is 0.542. The molecule has 0 amide bonds. The van der Waals surface area contributed by atoms with Crippen molar-refractivity contribution in [3.8, 4) is 0 Å². The molecule has 4 rings (SSSR count). The Morgan fingerprint density at radius 3 is 2.68 bits per heavy atom. The summed E-state index contributed by atoms with van der Waals surface area (Å²) in [5, 5.41) is 1.30. The third-order valence-corrected chi connectivity index (χ3v) is 4.40. The molecule has 0 atom stereocenters. The molecule has 22 heavy (non-hydrogen) atoms. The van der Waals surface area contributed by atoms with E-state index < -0.39 is 0 Å². The molecule has 0 spiro atoms. The predicted molar refractivity (Wildman–Crippen MR) is 91.8 cm³/mol. The van der Waals surface area contributed by atoms with Crippen LogP contribution in [0.1, 0.15) is 29.7 Å². The zero-order valence-corrected chi connectivity index (χ0v) is 12.5. The highest BCUT2D eigenvalue weighted by Crippen LogP contribution is 2.29. The summed E-state index contributed by atoms with van der Waals surface area (Å²) in [5.74, 6) is 0.568. The van der Waals surface area contributed by atoms with E-state index in [4.69, 9.17) is 5.73 Å². The highest BCUT2D eigenvalue weighted by molar-refractivity contribution is 6.02. The molecule has 1 aliphatic rings. The molecule has 1 aliphatic carbocycles. The first-order valence-corrected chi connectivity index (χ1v) is 7.84. The van der Waals surface area contributed by atoms with E-state index in [9.17, 15) is 0 Å². The number of hydrogen-bond donors (Lipinski definition) is 2. The lowest BCUT2D eigenvalue weighted by Gasteiger charge is -2.10. The number of aromatic amines is 1. The van der Waals surface area contributed by atoms with Crippen molar-refractivity contribution >= 4 is 22.4 Å². The summed E-state index contributed by atoms with van der Waals surface area (Å²) in [6.07, 6.45) is 4.88. The number of aryl methyl sites for hydroxylation is 2. The molecule has 3 heteroatoms. The molecule has 0 bridgehead atoms. The zero-order chi connectivity index (χ0) is 14.9. The third kappa shape index (κ3) is 2.29. The zero-order valence-electron chi connectivity index (χ0n) is 12.5. The molecular weight excluding hydrogens is 270 g/mol. The molecule has 1 heterocycles. The van der Waals surface area contributed by atoms with Gasteiger partial charge >= 0.3 is 0 Å². The molecule has 0 fully saturated rings. The van der Waals surface area contributed by atoms with Crippen LogP contribution in [0.2, 0.25) is 0 Å². The van der Waals surface area contributed by atoms with E-state index >= 15 is 0 Å². The van der Waals surface area contributed by atoms with Gasteiger partial charge in [-0.2, -0.15) is 0 Å². The van der Waals surface area contributed by atoms with Gasteiger partial charge in [-0.15, -0.1) is 0 Å². The minimum atomic E-state index is 0.568. The maximum atomic E-state index is 6.20. The van der Waals surface area contributed by atoms with E-state index in [1.807, 2.05) is 36.4 Å². The Morgan fingerprint density at radius 2 is 1.82 bits per heavy atom. The minimum absolute atomic E-state index is 0.568. The lowest BCUT2D eigenvalue weighted by atomic mass is 9.95. The average molecular weight is 289 g/mol. The number of fused-ring (bicyclic) bond motifs is 3. The number of para-hydroxylation sites is 1. The maximum absolute atomic E-state index is 6.20. The largest absolute Gasteiger partial charge is 0.383 e. The number of aliphatic imine (C=N–C) groups is 1. The molecule has 1 aromatic heterocycles. The van der Waals surface area contributed by atoms with Gasteiger partial charge in [-0.25, -0.2) is 4.99 Å². The van der Waals surface area contributed by atoms with Crippen molar-refractivity contribution in [3.63, 3.8) is 0 Å². The SMILES string of the molecule is NC(=Nc1ccccc1)c1ccc2[nH]c3c(c2c1)CCCC3. The van der Waals surface area contributed by atoms with Gasteiger partial charge in [0.2, 0.25) is 0 Å². The lowest BCUT2D eigenvalue weighted by Crippen LogP contribution is -2.12. The second kappa shape index (κ2) is 5.34. The molecule has 0 saturated carbocycles. The maximum Gasteiger partial charge on any atom is 0.131 e. The number of nitrogens with two attached hydrogens (primary N) is 1. The number of H-pyrrole nitrogens is 1. The Morgan fingerprint density at radius 1 is 1.00 bits per heavy atom. The van der Waals surface area contributed by atoms with Crippen molar-refractivity contribution in [3.05, 3.63) is 65.4 Å². The van der Waals surface area contributed by atoms with Gasteiger partial charge in [-0.05, 0) is 61.6 Å². The number of amidine groups is 1. The molecular formula is C19H19N3. The van der Waals surface area contributed by atoms with Gasteiger partial charge in [-0.1, -0.05) is 18.2 Å². The van der Waals surface area contributed by atoms with E-state index in [1.165, 1.54) is 35.0 Å². The fourth-order valence-electron chi connectivity index (χ4n) is 3.27. The summed E-state index contributed by atoms with van der Waals surface area (Å²) < 4.78 is 0. The Hall–Kier alpha value is -2.55. The summed E-state index contributed by atoms with van der Waals surface area (Å²) in [6.45, 7) is 0. The van der Waals surface area contributed by atoms with Crippen LogP contribution in [0, 0.1) is 0 Å². The van der Waals surface area contributed by atoms with Crippen LogP contribution < -0.4 is 5.73 Å². The Bertz CT molecular complexity index is 844. The molecule has 0 aliphatic heterocycles. The second-order valence-corrected chi connectivity index (χ2v) is 5.88. The number of nitrogens with one attached hydrogen (secondary N) is 1. The van der Waals surface area contributed by atoms with Crippen LogP contribution in [0.3, 0.4) is 0 Å². The van der Waals surface area contributed by atoms with Crippen LogP contribution in [0.4, 0.5) is 5.69 Å². The van der Waals surface area contributed by atoms with Crippen molar-refractivity contribution in [1.82, 2.24) is 4.98 Å². The Balaban J connectivity index is 1.77. The van der Waals surface area contributed by atoms with Gasteiger partial charge in [0, 0.05) is 22.2 Å². The fraction of sp³-hybridized carbons (Fsp3) is 0.211. The van der Waals surface area contributed by atoms with Crippen molar-refractivity contribution < 1.29 is 0 Å². The van der Waals surface area contributed by atoms with Gasteiger partial charge in [0.25, 0.3) is 0 Å². The van der Waals surface area contributed by atoms with Crippen molar-refractivity contribution in [2.75, 3.05) is 0 Å². The van der Waals surface area contributed by atoms with E-state index in [0.717, 1.165) is 24.1 Å². The van der Waals surface area contributed by atoms with Gasteiger partial charge in [0.15, 0.2) is 0 Å². The topological polar surface area (TPSA) is 54.2 Å².